The van der Waals surface area contributed by atoms with E-state index in [-0.39, 0.29) is 12.5 Å². The number of nitrogens with zero attached hydrogens (tertiary/aromatic N) is 4. The molecule has 0 fully saturated rings. The van der Waals surface area contributed by atoms with Crippen LogP contribution < -0.4 is 5.32 Å². The number of rotatable bonds is 3. The number of carbonyl (C=O) groups is 1. The molecule has 0 aliphatic rings. The van der Waals surface area contributed by atoms with Gasteiger partial charge in [-0.2, -0.15) is 10.5 Å². The average molecular weight is 228 g/mol. The van der Waals surface area contributed by atoms with E-state index in [2.05, 4.69) is 25.9 Å². The van der Waals surface area contributed by atoms with Crippen LogP contribution in [0.3, 0.4) is 0 Å². The van der Waals surface area contributed by atoms with Crippen LogP contribution >= 0.6 is 0 Å². The van der Waals surface area contributed by atoms with Gasteiger partial charge in [-0.25, -0.2) is 0 Å². The monoisotopic (exact) mass is 228 g/mol. The van der Waals surface area contributed by atoms with Crippen molar-refractivity contribution in [2.45, 2.75) is 6.54 Å². The third kappa shape index (κ3) is 2.63. The van der Waals surface area contributed by atoms with Crippen LogP contribution in [0.5, 0.6) is 0 Å². The van der Waals surface area contributed by atoms with Crippen molar-refractivity contribution in [2.24, 2.45) is 0 Å². The molecule has 0 saturated carbocycles. The first kappa shape index (κ1) is 10.8. The van der Waals surface area contributed by atoms with E-state index in [1.54, 1.807) is 18.2 Å². The zero-order valence-electron chi connectivity index (χ0n) is 8.71. The largest absolute Gasteiger partial charge is 0.345 e. The zero-order chi connectivity index (χ0) is 12.1. The van der Waals surface area contributed by atoms with Crippen molar-refractivity contribution in [2.75, 3.05) is 0 Å². The Labute approximate surface area is 96.5 Å². The van der Waals surface area contributed by atoms with Gasteiger partial charge in [0.2, 0.25) is 0 Å². The van der Waals surface area contributed by atoms with E-state index < -0.39 is 0 Å². The fourth-order valence-corrected chi connectivity index (χ4v) is 1.25. The van der Waals surface area contributed by atoms with E-state index in [4.69, 9.17) is 5.26 Å². The van der Waals surface area contributed by atoms with Gasteiger partial charge in [0, 0.05) is 5.56 Å². The first-order chi connectivity index (χ1) is 8.29. The number of hydrogen-bond donors (Lipinski definition) is 2. The molecule has 17 heavy (non-hydrogen) atoms. The lowest BCUT2D eigenvalue weighted by Gasteiger charge is -2.02. The maximum Gasteiger partial charge on any atom is 0.251 e. The number of amides is 1. The molecule has 1 amide bonds. The van der Waals surface area contributed by atoms with Crippen LogP contribution in [0.4, 0.5) is 0 Å². The van der Waals surface area contributed by atoms with Crippen molar-refractivity contribution in [1.82, 2.24) is 25.9 Å². The van der Waals surface area contributed by atoms with E-state index in [0.29, 0.717) is 17.0 Å². The summed E-state index contributed by atoms with van der Waals surface area (Å²) in [6.45, 7) is 0.187. The smallest absolute Gasteiger partial charge is 0.251 e. The quantitative estimate of drug-likeness (QED) is 0.768. The molecule has 7 heteroatoms. The van der Waals surface area contributed by atoms with Crippen molar-refractivity contribution in [3.63, 3.8) is 0 Å². The lowest BCUT2D eigenvalue weighted by Crippen LogP contribution is -2.23. The molecule has 84 valence electrons. The number of H-pyrrole nitrogens is 1. The normalized spacial score (nSPS) is 9.59. The first-order valence-electron chi connectivity index (χ1n) is 4.80. The molecule has 7 nitrogen and oxygen atoms in total. The summed E-state index contributed by atoms with van der Waals surface area (Å²) < 4.78 is 0. The van der Waals surface area contributed by atoms with Gasteiger partial charge in [0.25, 0.3) is 5.91 Å². The van der Waals surface area contributed by atoms with Gasteiger partial charge >= 0.3 is 0 Å². The molecular formula is C10H8N6O. The van der Waals surface area contributed by atoms with Crippen molar-refractivity contribution >= 4 is 5.91 Å². The maximum absolute atomic E-state index is 11.7. The predicted octanol–water partition coefficient (Wildman–Crippen LogP) is 0.00138. The first-order valence-corrected chi connectivity index (χ1v) is 4.80. The van der Waals surface area contributed by atoms with Gasteiger partial charge in [-0.1, -0.05) is 11.3 Å². The second kappa shape index (κ2) is 4.85. The summed E-state index contributed by atoms with van der Waals surface area (Å²) in [5, 5.41) is 24.4. The summed E-state index contributed by atoms with van der Waals surface area (Å²) >= 11 is 0. The fourth-order valence-electron chi connectivity index (χ4n) is 1.25. The van der Waals surface area contributed by atoms with Crippen LogP contribution in [0.1, 0.15) is 21.7 Å². The lowest BCUT2D eigenvalue weighted by atomic mass is 10.1. The Hall–Kier alpha value is -2.75. The van der Waals surface area contributed by atoms with E-state index in [9.17, 15) is 4.79 Å². The second-order valence-electron chi connectivity index (χ2n) is 3.20. The predicted molar refractivity (Wildman–Crippen MR) is 56.5 cm³/mol. The molecule has 1 heterocycles. The minimum atomic E-state index is -0.285. The lowest BCUT2D eigenvalue weighted by molar-refractivity contribution is 0.0950. The van der Waals surface area contributed by atoms with Gasteiger partial charge in [0.15, 0.2) is 5.82 Å². The Morgan fingerprint density at radius 1 is 1.53 bits per heavy atom. The minimum absolute atomic E-state index is 0.187. The molecular weight excluding hydrogens is 220 g/mol. The number of hydrogen-bond acceptors (Lipinski definition) is 5. The molecule has 0 spiro atoms. The van der Waals surface area contributed by atoms with Gasteiger partial charge in [0.05, 0.1) is 18.2 Å². The van der Waals surface area contributed by atoms with Crippen molar-refractivity contribution < 1.29 is 4.79 Å². The van der Waals surface area contributed by atoms with Crippen molar-refractivity contribution in [3.8, 4) is 6.07 Å². The standard InChI is InChI=1S/C10H8N6O/c11-5-7-2-1-3-8(4-7)10(17)12-6-9-13-15-16-14-9/h1-4H,6H2,(H,12,17)(H,13,14,15,16). The molecule has 0 atom stereocenters. The van der Waals surface area contributed by atoms with Gasteiger partial charge in [-0.15, -0.1) is 10.2 Å². The molecule has 2 aromatic rings. The molecule has 0 aliphatic carbocycles. The van der Waals surface area contributed by atoms with Crippen LogP contribution in [0.2, 0.25) is 0 Å². The summed E-state index contributed by atoms with van der Waals surface area (Å²) in [6.07, 6.45) is 0. The highest BCUT2D eigenvalue weighted by Gasteiger charge is 2.07. The summed E-state index contributed by atoms with van der Waals surface area (Å²) in [4.78, 5) is 11.7. The van der Waals surface area contributed by atoms with E-state index >= 15 is 0 Å². The summed E-state index contributed by atoms with van der Waals surface area (Å²) in [7, 11) is 0. The van der Waals surface area contributed by atoms with Crippen LogP contribution in [0.25, 0.3) is 0 Å². The highest BCUT2D eigenvalue weighted by molar-refractivity contribution is 5.94. The van der Waals surface area contributed by atoms with Crippen LogP contribution in [0, 0.1) is 11.3 Å². The van der Waals surface area contributed by atoms with Crippen LogP contribution in [-0.2, 0) is 6.54 Å². The second-order valence-corrected chi connectivity index (χ2v) is 3.20. The summed E-state index contributed by atoms with van der Waals surface area (Å²) in [5.41, 5.74) is 0.866. The molecule has 0 saturated heterocycles. The highest BCUT2D eigenvalue weighted by Crippen LogP contribution is 2.03. The number of aromatic amines is 1. The van der Waals surface area contributed by atoms with Gasteiger partial charge in [-0.05, 0) is 18.2 Å². The number of benzene rings is 1. The number of nitrogens with one attached hydrogen (secondary N) is 2. The maximum atomic E-state index is 11.7. The van der Waals surface area contributed by atoms with E-state index in [1.165, 1.54) is 6.07 Å². The van der Waals surface area contributed by atoms with Gasteiger partial charge in [-0.3, -0.25) is 4.79 Å². The van der Waals surface area contributed by atoms with Gasteiger partial charge in [0.1, 0.15) is 0 Å². The van der Waals surface area contributed by atoms with Crippen LogP contribution in [0.15, 0.2) is 24.3 Å². The van der Waals surface area contributed by atoms with Crippen LogP contribution in [-0.4, -0.2) is 26.5 Å². The number of nitriles is 1. The highest BCUT2D eigenvalue weighted by atomic mass is 16.1. The molecule has 1 aromatic heterocycles. The minimum Gasteiger partial charge on any atom is -0.345 e. The average Bonchev–Trinajstić information content (AvgIpc) is 2.89. The molecule has 0 unspecified atom stereocenters. The number of aromatic nitrogens is 4. The van der Waals surface area contributed by atoms with E-state index in [0.717, 1.165) is 0 Å². The molecule has 0 radical (unpaired) electrons. The van der Waals surface area contributed by atoms with Crippen molar-refractivity contribution in [3.05, 3.63) is 41.2 Å². The Morgan fingerprint density at radius 2 is 2.41 bits per heavy atom. The van der Waals surface area contributed by atoms with E-state index in [1.807, 2.05) is 6.07 Å². The SMILES string of the molecule is N#Cc1cccc(C(=O)NCc2nn[nH]n2)c1. The summed E-state index contributed by atoms with van der Waals surface area (Å²) in [5.74, 6) is 0.113. The zero-order valence-corrected chi connectivity index (χ0v) is 8.71. The number of carbonyl (C=O) groups excluding carboxylic acids is 1. The Morgan fingerprint density at radius 3 is 3.12 bits per heavy atom. The molecule has 0 aliphatic heterocycles. The fraction of sp³-hybridized carbons (Fsp3) is 0.100. The Kier molecular flexibility index (Phi) is 3.07. The third-order valence-electron chi connectivity index (χ3n) is 2.05. The number of tetrazole rings is 1. The summed E-state index contributed by atoms with van der Waals surface area (Å²) in [6, 6.07) is 8.41. The van der Waals surface area contributed by atoms with Crippen molar-refractivity contribution in [1.29, 1.82) is 5.26 Å². The Bertz CT molecular complexity index is 556. The topological polar surface area (TPSA) is 107 Å². The molecule has 2 N–H and O–H groups in total. The molecule has 2 rings (SSSR count). The molecule has 1 aromatic carbocycles. The Balaban J connectivity index is 2.02. The third-order valence-corrected chi connectivity index (χ3v) is 2.05. The van der Waals surface area contributed by atoms with Gasteiger partial charge < -0.3 is 5.32 Å². The molecule has 0 bridgehead atoms.